The maximum atomic E-state index is 9.33. The number of halogens is 1. The van der Waals surface area contributed by atoms with Gasteiger partial charge in [0.15, 0.2) is 5.96 Å². The number of aliphatic hydroxyl groups excluding tert-OH is 1. The largest absolute Gasteiger partial charge is 0.396 e. The van der Waals surface area contributed by atoms with Gasteiger partial charge in [0.2, 0.25) is 0 Å². The Bertz CT molecular complexity index is 351. The van der Waals surface area contributed by atoms with Crippen molar-refractivity contribution in [1.29, 1.82) is 0 Å². The Morgan fingerprint density at radius 1 is 1.30 bits per heavy atom. The van der Waals surface area contributed by atoms with E-state index in [-0.39, 0.29) is 41.5 Å². The highest BCUT2D eigenvalue weighted by atomic mass is 127. The van der Waals surface area contributed by atoms with Crippen molar-refractivity contribution in [1.82, 2.24) is 10.2 Å². The van der Waals surface area contributed by atoms with Gasteiger partial charge in [-0.25, -0.2) is 0 Å². The van der Waals surface area contributed by atoms with Crippen LogP contribution in [0.2, 0.25) is 0 Å². The lowest BCUT2D eigenvalue weighted by Gasteiger charge is -2.62. The van der Waals surface area contributed by atoms with Crippen molar-refractivity contribution in [2.75, 3.05) is 26.2 Å². The number of aliphatic imine (C=N–C) groups is 1. The maximum Gasteiger partial charge on any atom is 0.194 e. The number of rotatable bonds is 4. The van der Waals surface area contributed by atoms with E-state index in [1.807, 2.05) is 13.8 Å². The van der Waals surface area contributed by atoms with Crippen molar-refractivity contribution in [3.8, 4) is 0 Å². The summed E-state index contributed by atoms with van der Waals surface area (Å²) in [5.41, 5.74) is 0.248. The maximum absolute atomic E-state index is 9.33. The van der Waals surface area contributed by atoms with Crippen LogP contribution in [0.15, 0.2) is 4.99 Å². The van der Waals surface area contributed by atoms with Crippen molar-refractivity contribution < 1.29 is 5.11 Å². The lowest BCUT2D eigenvalue weighted by Crippen LogP contribution is -2.72. The van der Waals surface area contributed by atoms with Crippen LogP contribution in [-0.2, 0) is 0 Å². The van der Waals surface area contributed by atoms with Crippen molar-refractivity contribution in [3.63, 3.8) is 0 Å². The number of nitrogens with one attached hydrogen (secondary N) is 1. The molecule has 1 rings (SSSR count). The van der Waals surface area contributed by atoms with Crippen molar-refractivity contribution in [2.45, 2.75) is 54.0 Å². The first-order valence-corrected chi connectivity index (χ1v) is 7.24. The van der Waals surface area contributed by atoms with E-state index >= 15 is 0 Å². The lowest BCUT2D eigenvalue weighted by atomic mass is 9.65. The zero-order valence-corrected chi connectivity index (χ0v) is 16.4. The Morgan fingerprint density at radius 2 is 1.85 bits per heavy atom. The molecule has 0 aromatic rings. The van der Waals surface area contributed by atoms with Crippen LogP contribution < -0.4 is 5.32 Å². The number of hydrogen-bond donors (Lipinski definition) is 2. The minimum absolute atomic E-state index is 0. The molecule has 20 heavy (non-hydrogen) atoms. The molecule has 1 aliphatic rings. The molecule has 5 heteroatoms. The minimum Gasteiger partial charge on any atom is -0.396 e. The fraction of sp³-hybridized carbons (Fsp3) is 0.933. The molecule has 4 nitrogen and oxygen atoms in total. The van der Waals surface area contributed by atoms with Gasteiger partial charge in [0.1, 0.15) is 0 Å². The van der Waals surface area contributed by atoms with Gasteiger partial charge >= 0.3 is 0 Å². The van der Waals surface area contributed by atoms with Crippen LogP contribution in [0.3, 0.4) is 0 Å². The van der Waals surface area contributed by atoms with Gasteiger partial charge in [-0.05, 0) is 20.8 Å². The summed E-state index contributed by atoms with van der Waals surface area (Å²) in [7, 11) is 0. The van der Waals surface area contributed by atoms with Gasteiger partial charge < -0.3 is 15.3 Å². The Morgan fingerprint density at radius 3 is 2.20 bits per heavy atom. The van der Waals surface area contributed by atoms with Gasteiger partial charge in [0.25, 0.3) is 0 Å². The molecule has 0 aromatic heterocycles. The van der Waals surface area contributed by atoms with E-state index in [0.29, 0.717) is 12.0 Å². The normalized spacial score (nSPS) is 21.0. The van der Waals surface area contributed by atoms with Gasteiger partial charge in [-0.1, -0.05) is 27.7 Å². The molecule has 1 saturated heterocycles. The quantitative estimate of drug-likeness (QED) is 0.436. The molecule has 0 unspecified atom stereocenters. The Labute approximate surface area is 141 Å². The van der Waals surface area contributed by atoms with Crippen LogP contribution >= 0.6 is 24.0 Å². The molecule has 1 aliphatic heterocycles. The van der Waals surface area contributed by atoms with Gasteiger partial charge in [-0.15, -0.1) is 24.0 Å². The minimum atomic E-state index is -0.162. The molecule has 0 aromatic carbocycles. The van der Waals surface area contributed by atoms with Gasteiger partial charge in [0.05, 0.1) is 6.54 Å². The van der Waals surface area contributed by atoms with Gasteiger partial charge in [-0.3, -0.25) is 4.99 Å². The summed E-state index contributed by atoms with van der Waals surface area (Å²) in [6, 6.07) is 0. The Hall–Kier alpha value is -0.0400. The second kappa shape index (κ2) is 6.81. The molecule has 0 bridgehead atoms. The first kappa shape index (κ1) is 20.0. The molecule has 1 fully saturated rings. The number of hydrogen-bond acceptors (Lipinski definition) is 2. The van der Waals surface area contributed by atoms with E-state index < -0.39 is 0 Å². The zero-order chi connectivity index (χ0) is 14.9. The fourth-order valence-corrected chi connectivity index (χ4v) is 2.13. The summed E-state index contributed by atoms with van der Waals surface area (Å²) in [5.74, 6) is 0.966. The molecule has 0 spiro atoms. The molecular formula is C15H32IN3O. The molecule has 0 aliphatic carbocycles. The number of aliphatic hydroxyl groups is 1. The first-order valence-electron chi connectivity index (χ1n) is 7.24. The van der Waals surface area contributed by atoms with E-state index in [9.17, 15) is 5.11 Å². The molecule has 0 atom stereocenters. The average Bonchev–Trinajstić information content (AvgIpc) is 2.32. The highest BCUT2D eigenvalue weighted by Crippen LogP contribution is 2.46. The fourth-order valence-electron chi connectivity index (χ4n) is 2.13. The van der Waals surface area contributed by atoms with E-state index in [1.165, 1.54) is 0 Å². The summed E-state index contributed by atoms with van der Waals surface area (Å²) in [6.07, 6.45) is 0. The summed E-state index contributed by atoms with van der Waals surface area (Å²) < 4.78 is 0. The SMILES string of the molecule is CCNC(=NCC(C)(C)CO)N1CC(C)(C)C1(C)C.I. The van der Waals surface area contributed by atoms with E-state index in [2.05, 4.69) is 44.8 Å². The van der Waals surface area contributed by atoms with Crippen LogP contribution in [0.4, 0.5) is 0 Å². The summed E-state index contributed by atoms with van der Waals surface area (Å²) in [5, 5.41) is 12.7. The molecular weight excluding hydrogens is 365 g/mol. The predicted molar refractivity (Wildman–Crippen MR) is 96.8 cm³/mol. The van der Waals surface area contributed by atoms with Crippen molar-refractivity contribution in [2.24, 2.45) is 15.8 Å². The summed E-state index contributed by atoms with van der Waals surface area (Å²) in [4.78, 5) is 7.05. The predicted octanol–water partition coefficient (Wildman–Crippen LogP) is 2.71. The van der Waals surface area contributed by atoms with Crippen LogP contribution in [0.1, 0.15) is 48.5 Å². The Kier molecular flexibility index (Phi) is 6.80. The van der Waals surface area contributed by atoms with Crippen LogP contribution in [0.5, 0.6) is 0 Å². The molecule has 0 amide bonds. The van der Waals surface area contributed by atoms with Crippen LogP contribution in [0.25, 0.3) is 0 Å². The number of nitrogens with zero attached hydrogens (tertiary/aromatic N) is 2. The van der Waals surface area contributed by atoms with Crippen LogP contribution in [0, 0.1) is 10.8 Å². The lowest BCUT2D eigenvalue weighted by molar-refractivity contribution is -0.0669. The highest BCUT2D eigenvalue weighted by molar-refractivity contribution is 14.0. The van der Waals surface area contributed by atoms with E-state index in [4.69, 9.17) is 4.99 Å². The number of guanidine groups is 1. The monoisotopic (exact) mass is 397 g/mol. The Balaban J connectivity index is 0.00000361. The van der Waals surface area contributed by atoms with Gasteiger partial charge in [0, 0.05) is 36.1 Å². The first-order chi connectivity index (χ1) is 8.57. The smallest absolute Gasteiger partial charge is 0.194 e. The second-order valence-electron chi connectivity index (χ2n) is 7.52. The molecule has 2 N–H and O–H groups in total. The third kappa shape index (κ3) is 4.00. The summed E-state index contributed by atoms with van der Waals surface area (Å²) >= 11 is 0. The molecule has 0 radical (unpaired) electrons. The highest BCUT2D eigenvalue weighted by Gasteiger charge is 2.53. The topological polar surface area (TPSA) is 47.9 Å². The van der Waals surface area contributed by atoms with Crippen molar-refractivity contribution >= 4 is 29.9 Å². The number of likely N-dealkylation sites (tertiary alicyclic amines) is 1. The van der Waals surface area contributed by atoms with Gasteiger partial charge in [-0.2, -0.15) is 0 Å². The second-order valence-corrected chi connectivity index (χ2v) is 7.52. The van der Waals surface area contributed by atoms with E-state index in [1.54, 1.807) is 0 Å². The van der Waals surface area contributed by atoms with Crippen molar-refractivity contribution in [3.05, 3.63) is 0 Å². The van der Waals surface area contributed by atoms with Crippen LogP contribution in [-0.4, -0.2) is 47.7 Å². The zero-order valence-electron chi connectivity index (χ0n) is 14.1. The average molecular weight is 397 g/mol. The van der Waals surface area contributed by atoms with E-state index in [0.717, 1.165) is 19.0 Å². The third-order valence-corrected chi connectivity index (χ3v) is 4.56. The molecule has 1 heterocycles. The third-order valence-electron chi connectivity index (χ3n) is 4.56. The molecule has 0 saturated carbocycles. The molecule has 120 valence electrons. The standard InChI is InChI=1S/C15H31N3O.HI/c1-8-16-12(17-9-13(2,3)11-19)18-10-14(4,5)15(18,6)7;/h19H,8-11H2,1-7H3,(H,16,17);1H. The summed E-state index contributed by atoms with van der Waals surface area (Å²) in [6.45, 7) is 18.0.